The van der Waals surface area contributed by atoms with Gasteiger partial charge in [0, 0.05) is 16.8 Å². The second-order valence-corrected chi connectivity index (χ2v) is 6.09. The van der Waals surface area contributed by atoms with E-state index in [2.05, 4.69) is 10.6 Å². The van der Waals surface area contributed by atoms with Crippen LogP contribution in [-0.2, 0) is 0 Å². The molecule has 0 unspecified atom stereocenters. The zero-order valence-electron chi connectivity index (χ0n) is 13.8. The van der Waals surface area contributed by atoms with Crippen LogP contribution in [-0.4, -0.2) is 11.0 Å². The van der Waals surface area contributed by atoms with E-state index in [9.17, 15) is 4.79 Å². The predicted octanol–water partition coefficient (Wildman–Crippen LogP) is 4.79. The zero-order valence-corrected chi connectivity index (χ0v) is 14.6. The molecular weight excluding hydrogens is 328 g/mol. The maximum absolute atomic E-state index is 12.3. The SMILES string of the molecule is Cc1ccc(C(=O)NC(=S)Nc2ccccc2-c2ccccc2)cc1. The number of para-hydroxylation sites is 1. The van der Waals surface area contributed by atoms with Gasteiger partial charge in [0.25, 0.3) is 5.91 Å². The molecule has 0 aromatic heterocycles. The van der Waals surface area contributed by atoms with Crippen LogP contribution < -0.4 is 10.6 Å². The van der Waals surface area contributed by atoms with E-state index in [4.69, 9.17) is 12.2 Å². The lowest BCUT2D eigenvalue weighted by atomic mass is 10.0. The number of nitrogens with one attached hydrogen (secondary N) is 2. The van der Waals surface area contributed by atoms with E-state index in [0.29, 0.717) is 5.56 Å². The summed E-state index contributed by atoms with van der Waals surface area (Å²) in [7, 11) is 0. The van der Waals surface area contributed by atoms with Crippen LogP contribution in [0, 0.1) is 6.92 Å². The maximum atomic E-state index is 12.3. The highest BCUT2D eigenvalue weighted by atomic mass is 32.1. The smallest absolute Gasteiger partial charge is 0.257 e. The first-order valence-corrected chi connectivity index (χ1v) is 8.38. The van der Waals surface area contributed by atoms with Crippen molar-refractivity contribution in [2.75, 3.05) is 5.32 Å². The molecule has 0 atom stereocenters. The van der Waals surface area contributed by atoms with Crippen molar-refractivity contribution >= 4 is 28.9 Å². The van der Waals surface area contributed by atoms with Crippen molar-refractivity contribution in [3.05, 3.63) is 90.0 Å². The normalized spacial score (nSPS) is 10.1. The number of hydrogen-bond acceptors (Lipinski definition) is 2. The Labute approximate surface area is 152 Å². The predicted molar refractivity (Wildman–Crippen MR) is 107 cm³/mol. The summed E-state index contributed by atoms with van der Waals surface area (Å²) in [6.07, 6.45) is 0. The highest BCUT2D eigenvalue weighted by molar-refractivity contribution is 7.80. The molecular formula is C21H18N2OS. The van der Waals surface area contributed by atoms with Gasteiger partial charge in [-0.1, -0.05) is 66.2 Å². The molecule has 3 nitrogen and oxygen atoms in total. The molecule has 3 rings (SSSR count). The van der Waals surface area contributed by atoms with Crippen LogP contribution in [0.25, 0.3) is 11.1 Å². The third kappa shape index (κ3) is 4.31. The van der Waals surface area contributed by atoms with E-state index in [1.807, 2.05) is 73.7 Å². The fourth-order valence-corrected chi connectivity index (χ4v) is 2.70. The first-order valence-electron chi connectivity index (χ1n) is 7.97. The molecule has 0 bridgehead atoms. The van der Waals surface area contributed by atoms with Gasteiger partial charge in [-0.25, -0.2) is 0 Å². The van der Waals surface area contributed by atoms with Crippen LogP contribution >= 0.6 is 12.2 Å². The number of amides is 1. The highest BCUT2D eigenvalue weighted by Gasteiger charge is 2.10. The van der Waals surface area contributed by atoms with E-state index in [0.717, 1.165) is 22.4 Å². The van der Waals surface area contributed by atoms with Crippen molar-refractivity contribution in [2.24, 2.45) is 0 Å². The van der Waals surface area contributed by atoms with Crippen LogP contribution in [0.2, 0.25) is 0 Å². The number of anilines is 1. The molecule has 2 N–H and O–H groups in total. The van der Waals surface area contributed by atoms with Crippen LogP contribution in [0.15, 0.2) is 78.9 Å². The van der Waals surface area contributed by atoms with E-state index in [-0.39, 0.29) is 11.0 Å². The lowest BCUT2D eigenvalue weighted by Gasteiger charge is -2.14. The Morgan fingerprint density at radius 2 is 1.48 bits per heavy atom. The molecule has 0 radical (unpaired) electrons. The van der Waals surface area contributed by atoms with Gasteiger partial charge in [0.05, 0.1) is 0 Å². The van der Waals surface area contributed by atoms with Gasteiger partial charge < -0.3 is 5.32 Å². The molecule has 25 heavy (non-hydrogen) atoms. The molecule has 0 spiro atoms. The first-order chi connectivity index (χ1) is 12.1. The summed E-state index contributed by atoms with van der Waals surface area (Å²) in [5.41, 5.74) is 4.64. The average Bonchev–Trinajstić information content (AvgIpc) is 2.63. The third-order valence-corrected chi connectivity index (χ3v) is 4.01. The number of carbonyl (C=O) groups excluding carboxylic acids is 1. The number of benzene rings is 3. The van der Waals surface area contributed by atoms with E-state index in [1.54, 1.807) is 12.1 Å². The van der Waals surface area contributed by atoms with Gasteiger partial charge in [-0.3, -0.25) is 10.1 Å². The van der Waals surface area contributed by atoms with Gasteiger partial charge in [-0.05, 0) is 42.9 Å². The average molecular weight is 346 g/mol. The largest absolute Gasteiger partial charge is 0.332 e. The monoisotopic (exact) mass is 346 g/mol. The Balaban J connectivity index is 1.73. The lowest BCUT2D eigenvalue weighted by molar-refractivity contribution is 0.0977. The van der Waals surface area contributed by atoms with Crippen LogP contribution in [0.3, 0.4) is 0 Å². The molecule has 3 aromatic rings. The summed E-state index contributed by atoms with van der Waals surface area (Å²) < 4.78 is 0. The van der Waals surface area contributed by atoms with E-state index in [1.165, 1.54) is 0 Å². The lowest BCUT2D eigenvalue weighted by Crippen LogP contribution is -2.34. The number of thiocarbonyl (C=S) groups is 1. The Bertz CT molecular complexity index is 889. The number of rotatable bonds is 3. The fraction of sp³-hybridized carbons (Fsp3) is 0.0476. The van der Waals surface area contributed by atoms with Crippen LogP contribution in [0.4, 0.5) is 5.69 Å². The van der Waals surface area contributed by atoms with Crippen molar-refractivity contribution in [3.63, 3.8) is 0 Å². The van der Waals surface area contributed by atoms with Crippen molar-refractivity contribution in [2.45, 2.75) is 6.92 Å². The summed E-state index contributed by atoms with van der Waals surface area (Å²) in [5.74, 6) is -0.227. The van der Waals surface area contributed by atoms with Crippen molar-refractivity contribution in [1.82, 2.24) is 5.32 Å². The fourth-order valence-electron chi connectivity index (χ4n) is 2.50. The number of aryl methyl sites for hydroxylation is 1. The maximum Gasteiger partial charge on any atom is 0.257 e. The zero-order chi connectivity index (χ0) is 17.6. The minimum absolute atomic E-state index is 0.227. The highest BCUT2D eigenvalue weighted by Crippen LogP contribution is 2.27. The molecule has 3 aromatic carbocycles. The Hall–Kier alpha value is -2.98. The van der Waals surface area contributed by atoms with Crippen LogP contribution in [0.5, 0.6) is 0 Å². The van der Waals surface area contributed by atoms with E-state index >= 15 is 0 Å². The van der Waals surface area contributed by atoms with Gasteiger partial charge in [-0.15, -0.1) is 0 Å². The molecule has 0 fully saturated rings. The Morgan fingerprint density at radius 1 is 0.840 bits per heavy atom. The summed E-state index contributed by atoms with van der Waals surface area (Å²) in [6.45, 7) is 1.98. The molecule has 0 aliphatic rings. The second-order valence-electron chi connectivity index (χ2n) is 5.69. The van der Waals surface area contributed by atoms with Gasteiger partial charge in [-0.2, -0.15) is 0 Å². The molecule has 4 heteroatoms. The van der Waals surface area contributed by atoms with Crippen LogP contribution in [0.1, 0.15) is 15.9 Å². The molecule has 124 valence electrons. The quantitative estimate of drug-likeness (QED) is 0.670. The summed E-state index contributed by atoms with van der Waals surface area (Å²) in [6, 6.07) is 25.3. The minimum Gasteiger partial charge on any atom is -0.332 e. The van der Waals surface area contributed by atoms with Gasteiger partial charge >= 0.3 is 0 Å². The molecule has 0 heterocycles. The van der Waals surface area contributed by atoms with Crippen molar-refractivity contribution in [1.29, 1.82) is 0 Å². The van der Waals surface area contributed by atoms with Gasteiger partial charge in [0.2, 0.25) is 0 Å². The molecule has 0 saturated heterocycles. The second kappa shape index (κ2) is 7.73. The summed E-state index contributed by atoms with van der Waals surface area (Å²) in [5, 5.41) is 6.12. The molecule has 0 saturated carbocycles. The first kappa shape index (κ1) is 16.9. The summed E-state index contributed by atoms with van der Waals surface area (Å²) >= 11 is 5.30. The van der Waals surface area contributed by atoms with Crippen molar-refractivity contribution in [3.8, 4) is 11.1 Å². The Kier molecular flexibility index (Phi) is 5.21. The molecule has 0 aliphatic carbocycles. The molecule has 1 amide bonds. The summed E-state index contributed by atoms with van der Waals surface area (Å²) in [4.78, 5) is 12.3. The topological polar surface area (TPSA) is 41.1 Å². The van der Waals surface area contributed by atoms with Gasteiger partial charge in [0.1, 0.15) is 0 Å². The van der Waals surface area contributed by atoms with Gasteiger partial charge in [0.15, 0.2) is 5.11 Å². The van der Waals surface area contributed by atoms with E-state index < -0.39 is 0 Å². The minimum atomic E-state index is -0.227. The molecule has 0 aliphatic heterocycles. The third-order valence-electron chi connectivity index (χ3n) is 3.80. The number of hydrogen-bond donors (Lipinski definition) is 2. The van der Waals surface area contributed by atoms with Crippen molar-refractivity contribution < 1.29 is 4.79 Å². The Morgan fingerprint density at radius 3 is 2.20 bits per heavy atom. The number of carbonyl (C=O) groups is 1. The standard InChI is InChI=1S/C21H18N2OS/c1-15-11-13-17(14-12-15)20(24)23-21(25)22-19-10-6-5-9-18(19)16-7-3-2-4-8-16/h2-14H,1H3,(H2,22,23,24,25).